The first-order chi connectivity index (χ1) is 12.5. The molecule has 4 rings (SSSR count). The number of carboxylic acid groups (broad SMARTS) is 1. The van der Waals surface area contributed by atoms with E-state index in [1.54, 1.807) is 4.90 Å². The van der Waals surface area contributed by atoms with Crippen LogP contribution in [0.3, 0.4) is 0 Å². The van der Waals surface area contributed by atoms with Gasteiger partial charge in [0.15, 0.2) is 23.1 Å². The van der Waals surface area contributed by atoms with Crippen molar-refractivity contribution < 1.29 is 14.3 Å². The second-order valence-electron chi connectivity index (χ2n) is 5.97. The highest BCUT2D eigenvalue weighted by Gasteiger charge is 2.25. The number of nitrogens with zero attached hydrogens (tertiary/aromatic N) is 5. The molecular weight excluding hydrogens is 363 g/mol. The van der Waals surface area contributed by atoms with Gasteiger partial charge in [0.25, 0.3) is 0 Å². The van der Waals surface area contributed by atoms with Crippen LogP contribution in [-0.4, -0.2) is 48.5 Å². The summed E-state index contributed by atoms with van der Waals surface area (Å²) < 4.78 is 23.9. The molecule has 0 radical (unpaired) electrons. The molecule has 1 aliphatic heterocycles. The number of pyridine rings is 2. The zero-order valence-corrected chi connectivity index (χ0v) is 14.1. The number of nitrogens with two attached hydrogens (primary N) is 1. The summed E-state index contributed by atoms with van der Waals surface area (Å²) in [4.78, 5) is 29.9. The summed E-state index contributed by atoms with van der Waals surface area (Å²) in [7, 11) is 0. The lowest BCUT2D eigenvalue weighted by Crippen LogP contribution is -2.28. The first-order valence-corrected chi connectivity index (χ1v) is 8.46. The lowest BCUT2D eigenvalue weighted by atomic mass is 10.2. The van der Waals surface area contributed by atoms with Crippen LogP contribution in [0, 0.1) is 5.82 Å². The van der Waals surface area contributed by atoms with Crippen LogP contribution in [0.5, 0.6) is 0 Å². The van der Waals surface area contributed by atoms with E-state index in [4.69, 9.17) is 5.73 Å². The molecule has 3 aromatic rings. The SMILES string of the molecule is N[C@H]1CCN(c2nc3c(cc2F)c(=O)c(C(=O)O)cn3-c2cnsn2)C1. The standard InChI is InChI=1S/C15H13FN6O3S/c16-10-3-8-12(23)9(15(24)25)6-22(11-4-18-26-20-11)13(8)19-14(10)21-2-1-7(17)5-21/h3-4,6-7H,1-2,5,17H2,(H,24,25)/t7-/m0/s1. The molecule has 4 heterocycles. The van der Waals surface area contributed by atoms with Crippen molar-refractivity contribution in [2.75, 3.05) is 18.0 Å². The van der Waals surface area contributed by atoms with Crippen molar-refractivity contribution in [2.45, 2.75) is 12.5 Å². The van der Waals surface area contributed by atoms with Crippen LogP contribution in [0.25, 0.3) is 16.9 Å². The van der Waals surface area contributed by atoms with Crippen molar-refractivity contribution in [1.29, 1.82) is 0 Å². The van der Waals surface area contributed by atoms with Crippen molar-refractivity contribution in [1.82, 2.24) is 18.3 Å². The second kappa shape index (κ2) is 6.11. The third-order valence-corrected chi connectivity index (χ3v) is 4.73. The van der Waals surface area contributed by atoms with Gasteiger partial charge in [-0.05, 0) is 12.5 Å². The number of anilines is 1. The Morgan fingerprint density at radius 1 is 1.46 bits per heavy atom. The van der Waals surface area contributed by atoms with Crippen LogP contribution < -0.4 is 16.1 Å². The number of rotatable bonds is 3. The van der Waals surface area contributed by atoms with E-state index < -0.39 is 22.8 Å². The maximum Gasteiger partial charge on any atom is 0.341 e. The summed E-state index contributed by atoms with van der Waals surface area (Å²) in [6, 6.07) is 0.943. The van der Waals surface area contributed by atoms with Gasteiger partial charge >= 0.3 is 5.97 Å². The van der Waals surface area contributed by atoms with E-state index in [0.29, 0.717) is 25.3 Å². The molecule has 0 spiro atoms. The smallest absolute Gasteiger partial charge is 0.341 e. The van der Waals surface area contributed by atoms with Gasteiger partial charge in [-0.3, -0.25) is 9.36 Å². The highest BCUT2D eigenvalue weighted by atomic mass is 32.1. The van der Waals surface area contributed by atoms with Crippen LogP contribution in [0.2, 0.25) is 0 Å². The summed E-state index contributed by atoms with van der Waals surface area (Å²) in [5, 5.41) is 9.15. The minimum atomic E-state index is -1.41. The van der Waals surface area contributed by atoms with E-state index >= 15 is 0 Å². The fraction of sp³-hybridized carbons (Fsp3) is 0.267. The predicted molar refractivity (Wildman–Crippen MR) is 92.5 cm³/mol. The lowest BCUT2D eigenvalue weighted by Gasteiger charge is -2.19. The van der Waals surface area contributed by atoms with Gasteiger partial charge in [-0.2, -0.15) is 8.75 Å². The number of aromatic nitrogens is 4. The van der Waals surface area contributed by atoms with Gasteiger partial charge in [0, 0.05) is 25.3 Å². The van der Waals surface area contributed by atoms with Crippen molar-refractivity contribution in [3.8, 4) is 5.82 Å². The number of hydrogen-bond acceptors (Lipinski definition) is 8. The number of aromatic carboxylic acids is 1. The zero-order chi connectivity index (χ0) is 18.4. The van der Waals surface area contributed by atoms with Gasteiger partial charge in [-0.1, -0.05) is 0 Å². The van der Waals surface area contributed by atoms with Crippen LogP contribution in [0.15, 0.2) is 23.3 Å². The molecule has 9 nitrogen and oxygen atoms in total. The maximum absolute atomic E-state index is 14.6. The molecule has 1 aliphatic rings. The average Bonchev–Trinajstić information content (AvgIpc) is 3.26. The molecule has 0 unspecified atom stereocenters. The molecule has 11 heteroatoms. The minimum Gasteiger partial charge on any atom is -0.477 e. The van der Waals surface area contributed by atoms with Crippen LogP contribution in [-0.2, 0) is 0 Å². The summed E-state index contributed by atoms with van der Waals surface area (Å²) in [5.41, 5.74) is 4.70. The monoisotopic (exact) mass is 376 g/mol. The average molecular weight is 376 g/mol. The molecule has 3 aromatic heterocycles. The maximum atomic E-state index is 14.6. The molecule has 0 saturated carbocycles. The number of fused-ring (bicyclic) bond motifs is 1. The Morgan fingerprint density at radius 3 is 2.88 bits per heavy atom. The molecular formula is C15H13FN6O3S. The van der Waals surface area contributed by atoms with E-state index in [9.17, 15) is 19.1 Å². The van der Waals surface area contributed by atoms with Crippen molar-refractivity contribution in [3.63, 3.8) is 0 Å². The predicted octanol–water partition coefficient (Wildman–Crippen LogP) is 0.612. The van der Waals surface area contributed by atoms with E-state index in [1.807, 2.05) is 0 Å². The summed E-state index contributed by atoms with van der Waals surface area (Å²) in [6.45, 7) is 0.997. The molecule has 0 aliphatic carbocycles. The fourth-order valence-electron chi connectivity index (χ4n) is 3.01. The van der Waals surface area contributed by atoms with Crippen molar-refractivity contribution in [3.05, 3.63) is 40.1 Å². The molecule has 134 valence electrons. The van der Waals surface area contributed by atoms with E-state index in [1.165, 1.54) is 10.8 Å². The van der Waals surface area contributed by atoms with E-state index in [0.717, 1.165) is 24.0 Å². The third-order valence-electron chi connectivity index (χ3n) is 4.26. The van der Waals surface area contributed by atoms with Crippen LogP contribution in [0.1, 0.15) is 16.8 Å². The molecule has 1 saturated heterocycles. The summed E-state index contributed by atoms with van der Waals surface area (Å²) in [6.07, 6.45) is 3.25. The highest BCUT2D eigenvalue weighted by Crippen LogP contribution is 2.25. The fourth-order valence-corrected chi connectivity index (χ4v) is 3.42. The van der Waals surface area contributed by atoms with E-state index in [-0.39, 0.29) is 22.9 Å². The Hall–Kier alpha value is -2.92. The quantitative estimate of drug-likeness (QED) is 0.681. The molecule has 0 aromatic carbocycles. The number of halogens is 1. The normalized spacial score (nSPS) is 17.2. The largest absolute Gasteiger partial charge is 0.477 e. The number of carbonyl (C=O) groups is 1. The first-order valence-electron chi connectivity index (χ1n) is 7.73. The molecule has 1 fully saturated rings. The number of carboxylic acids is 1. The Labute approximate surface area is 149 Å². The van der Waals surface area contributed by atoms with Gasteiger partial charge < -0.3 is 15.7 Å². The lowest BCUT2D eigenvalue weighted by molar-refractivity contribution is 0.0695. The first kappa shape index (κ1) is 16.5. The number of hydrogen-bond donors (Lipinski definition) is 2. The Bertz CT molecular complexity index is 1070. The van der Waals surface area contributed by atoms with Gasteiger partial charge in [-0.25, -0.2) is 14.2 Å². The zero-order valence-electron chi connectivity index (χ0n) is 13.3. The Kier molecular flexibility index (Phi) is 3.89. The Morgan fingerprint density at radius 2 is 2.27 bits per heavy atom. The molecule has 0 bridgehead atoms. The third kappa shape index (κ3) is 2.61. The van der Waals surface area contributed by atoms with E-state index in [2.05, 4.69) is 13.7 Å². The molecule has 0 amide bonds. The van der Waals surface area contributed by atoms with Crippen LogP contribution in [0.4, 0.5) is 10.2 Å². The van der Waals surface area contributed by atoms with Gasteiger partial charge in [0.1, 0.15) is 5.56 Å². The second-order valence-corrected chi connectivity index (χ2v) is 6.53. The van der Waals surface area contributed by atoms with Gasteiger partial charge in [0.2, 0.25) is 5.43 Å². The highest BCUT2D eigenvalue weighted by molar-refractivity contribution is 6.99. The van der Waals surface area contributed by atoms with Crippen LogP contribution >= 0.6 is 11.7 Å². The summed E-state index contributed by atoms with van der Waals surface area (Å²) >= 11 is 0.919. The molecule has 1 atom stereocenters. The van der Waals surface area contributed by atoms with Gasteiger partial charge in [0.05, 0.1) is 23.3 Å². The van der Waals surface area contributed by atoms with Gasteiger partial charge in [-0.15, -0.1) is 0 Å². The molecule has 26 heavy (non-hydrogen) atoms. The van der Waals surface area contributed by atoms with Crippen molar-refractivity contribution >= 4 is 34.5 Å². The topological polar surface area (TPSA) is 127 Å². The Balaban J connectivity index is 2.02. The summed E-state index contributed by atoms with van der Waals surface area (Å²) in [5.74, 6) is -1.74. The minimum absolute atomic E-state index is 0.0739. The molecule has 3 N–H and O–H groups in total. The van der Waals surface area contributed by atoms with Crippen molar-refractivity contribution in [2.24, 2.45) is 5.73 Å².